The maximum atomic E-state index is 13.4. The molecule has 1 aromatic carbocycles. The predicted molar refractivity (Wildman–Crippen MR) is 131 cm³/mol. The van der Waals surface area contributed by atoms with Crippen molar-refractivity contribution < 1.29 is 9.59 Å². The molecule has 0 bridgehead atoms. The van der Waals surface area contributed by atoms with Gasteiger partial charge in [-0.1, -0.05) is 37.5 Å². The van der Waals surface area contributed by atoms with Crippen LogP contribution in [0.2, 0.25) is 0 Å². The van der Waals surface area contributed by atoms with Crippen LogP contribution in [0.4, 0.5) is 0 Å². The number of carbonyl (C=O) groups excluding carboxylic acids is 2. The van der Waals surface area contributed by atoms with Crippen molar-refractivity contribution in [2.24, 2.45) is 0 Å². The van der Waals surface area contributed by atoms with Gasteiger partial charge in [0.1, 0.15) is 0 Å². The van der Waals surface area contributed by atoms with Gasteiger partial charge in [-0.3, -0.25) is 9.59 Å². The summed E-state index contributed by atoms with van der Waals surface area (Å²) < 4.78 is 2.40. The van der Waals surface area contributed by atoms with Gasteiger partial charge in [0.25, 0.3) is 5.91 Å². The highest BCUT2D eigenvalue weighted by Crippen LogP contribution is 2.32. The number of para-hydroxylation sites is 1. The molecule has 1 saturated carbocycles. The van der Waals surface area contributed by atoms with Crippen molar-refractivity contribution in [2.75, 3.05) is 26.2 Å². The zero-order valence-corrected chi connectivity index (χ0v) is 19.8. The van der Waals surface area contributed by atoms with Gasteiger partial charge in [0.2, 0.25) is 5.91 Å². The molecule has 2 aliphatic rings. The minimum atomic E-state index is 0.105. The molecule has 0 atom stereocenters. The first-order valence-electron chi connectivity index (χ1n) is 12.3. The molecule has 6 heteroatoms. The van der Waals surface area contributed by atoms with Gasteiger partial charge in [0.05, 0.1) is 12.0 Å². The van der Waals surface area contributed by atoms with Crippen LogP contribution >= 0.6 is 0 Å². The van der Waals surface area contributed by atoms with E-state index in [-0.39, 0.29) is 11.8 Å². The summed E-state index contributed by atoms with van der Waals surface area (Å²) in [5.74, 6) is 0.233. The Kier molecular flexibility index (Phi) is 6.00. The molecule has 2 aromatic heterocycles. The second kappa shape index (κ2) is 9.08. The average Bonchev–Trinajstić information content (AvgIpc) is 3.39. The van der Waals surface area contributed by atoms with E-state index >= 15 is 0 Å². The third-order valence-electron chi connectivity index (χ3n) is 7.59. The maximum Gasteiger partial charge on any atom is 0.255 e. The Hall–Kier alpha value is -3.02. The quantitative estimate of drug-likeness (QED) is 0.636. The molecule has 0 spiro atoms. The molecule has 3 heterocycles. The van der Waals surface area contributed by atoms with Crippen LogP contribution in [0.5, 0.6) is 0 Å². The lowest BCUT2D eigenvalue weighted by Gasteiger charge is -2.35. The van der Waals surface area contributed by atoms with Crippen LogP contribution in [0.25, 0.3) is 10.9 Å². The molecule has 3 aromatic rings. The van der Waals surface area contributed by atoms with Crippen molar-refractivity contribution in [1.29, 1.82) is 0 Å². The first kappa shape index (κ1) is 21.8. The minimum absolute atomic E-state index is 0.105. The smallest absolute Gasteiger partial charge is 0.255 e. The van der Waals surface area contributed by atoms with Crippen LogP contribution in [0.15, 0.2) is 36.5 Å². The fourth-order valence-electron chi connectivity index (χ4n) is 5.78. The number of carbonyl (C=O) groups is 2. The monoisotopic (exact) mass is 446 g/mol. The molecule has 1 N–H and O–H groups in total. The van der Waals surface area contributed by atoms with E-state index < -0.39 is 0 Å². The number of rotatable bonds is 4. The fraction of sp³-hybridized carbons (Fsp3) is 0.481. The number of aromatic nitrogens is 2. The molecule has 2 fully saturated rings. The summed E-state index contributed by atoms with van der Waals surface area (Å²) in [7, 11) is 0. The highest BCUT2D eigenvalue weighted by molar-refractivity contribution is 5.96. The van der Waals surface area contributed by atoms with E-state index in [0.29, 0.717) is 38.6 Å². The van der Waals surface area contributed by atoms with Gasteiger partial charge in [-0.25, -0.2) is 0 Å². The van der Waals surface area contributed by atoms with E-state index in [0.717, 1.165) is 27.7 Å². The number of nitrogens with one attached hydrogen (secondary N) is 1. The molecule has 33 heavy (non-hydrogen) atoms. The Morgan fingerprint density at radius 2 is 1.67 bits per heavy atom. The topological polar surface area (TPSA) is 61.3 Å². The van der Waals surface area contributed by atoms with E-state index in [2.05, 4.69) is 35.5 Å². The maximum absolute atomic E-state index is 13.4. The highest BCUT2D eigenvalue weighted by atomic mass is 16.2. The molecule has 0 unspecified atom stereocenters. The van der Waals surface area contributed by atoms with E-state index in [1.165, 1.54) is 37.8 Å². The van der Waals surface area contributed by atoms with Gasteiger partial charge in [-0.15, -0.1) is 0 Å². The molecule has 5 rings (SSSR count). The number of nitrogens with zero attached hydrogens (tertiary/aromatic N) is 3. The lowest BCUT2D eigenvalue weighted by Crippen LogP contribution is -2.51. The SMILES string of the molecule is Cc1cc(C(=O)N2CCN(C(=O)Cc3c[nH]c4ccccc34)CC2)c(C)n1C1CCCCC1. The van der Waals surface area contributed by atoms with Crippen LogP contribution in [0.3, 0.4) is 0 Å². The van der Waals surface area contributed by atoms with E-state index in [9.17, 15) is 9.59 Å². The standard InChI is InChI=1S/C27H34N4O2/c1-19-16-24(20(2)31(19)22-8-4-3-5-9-22)27(33)30-14-12-29(13-15-30)26(32)17-21-18-28-25-11-7-6-10-23(21)25/h6-7,10-11,16,18,22,28H,3-5,8-9,12-15,17H2,1-2H3. The van der Waals surface area contributed by atoms with Gasteiger partial charge >= 0.3 is 0 Å². The number of piperazine rings is 1. The summed E-state index contributed by atoms with van der Waals surface area (Å²) in [5, 5.41) is 1.10. The van der Waals surface area contributed by atoms with Crippen molar-refractivity contribution in [3.63, 3.8) is 0 Å². The summed E-state index contributed by atoms with van der Waals surface area (Å²) in [6.45, 7) is 6.58. The number of H-pyrrole nitrogens is 1. The Balaban J connectivity index is 1.22. The average molecular weight is 447 g/mol. The summed E-state index contributed by atoms with van der Waals surface area (Å²) in [6.07, 6.45) is 8.62. The molecule has 1 aliphatic carbocycles. The third-order valence-corrected chi connectivity index (χ3v) is 7.59. The minimum Gasteiger partial charge on any atom is -0.361 e. The number of benzene rings is 1. The summed E-state index contributed by atoms with van der Waals surface area (Å²) >= 11 is 0. The summed E-state index contributed by atoms with van der Waals surface area (Å²) in [4.78, 5) is 33.4. The lowest BCUT2D eigenvalue weighted by molar-refractivity contribution is -0.131. The molecule has 6 nitrogen and oxygen atoms in total. The van der Waals surface area contributed by atoms with Crippen LogP contribution in [0.1, 0.15) is 65.5 Å². The van der Waals surface area contributed by atoms with Crippen molar-refractivity contribution in [3.8, 4) is 0 Å². The van der Waals surface area contributed by atoms with Gasteiger partial charge in [0.15, 0.2) is 0 Å². The normalized spacial score (nSPS) is 17.6. The summed E-state index contributed by atoms with van der Waals surface area (Å²) in [6, 6.07) is 10.7. The van der Waals surface area contributed by atoms with Crippen molar-refractivity contribution in [3.05, 3.63) is 59.0 Å². The number of amides is 2. The summed E-state index contributed by atoms with van der Waals surface area (Å²) in [5.41, 5.74) is 5.21. The Morgan fingerprint density at radius 1 is 0.970 bits per heavy atom. The van der Waals surface area contributed by atoms with Crippen LogP contribution in [-0.4, -0.2) is 57.3 Å². The van der Waals surface area contributed by atoms with Gasteiger partial charge < -0.3 is 19.4 Å². The van der Waals surface area contributed by atoms with Crippen molar-refractivity contribution >= 4 is 22.7 Å². The predicted octanol–water partition coefficient (Wildman–Crippen LogP) is 4.62. The van der Waals surface area contributed by atoms with Gasteiger partial charge in [0, 0.05) is 60.7 Å². The number of aromatic amines is 1. The van der Waals surface area contributed by atoms with E-state index in [4.69, 9.17) is 0 Å². The largest absolute Gasteiger partial charge is 0.361 e. The lowest BCUT2D eigenvalue weighted by atomic mass is 9.95. The molecule has 1 saturated heterocycles. The molecule has 2 amide bonds. The molecule has 0 radical (unpaired) electrons. The Morgan fingerprint density at radius 3 is 2.42 bits per heavy atom. The number of hydrogen-bond acceptors (Lipinski definition) is 2. The van der Waals surface area contributed by atoms with Crippen LogP contribution < -0.4 is 0 Å². The number of hydrogen-bond donors (Lipinski definition) is 1. The fourth-order valence-corrected chi connectivity index (χ4v) is 5.78. The molecular weight excluding hydrogens is 412 g/mol. The van der Waals surface area contributed by atoms with E-state index in [1.807, 2.05) is 34.2 Å². The zero-order valence-electron chi connectivity index (χ0n) is 19.8. The number of fused-ring (bicyclic) bond motifs is 1. The van der Waals surface area contributed by atoms with Crippen molar-refractivity contribution in [2.45, 2.75) is 58.4 Å². The van der Waals surface area contributed by atoms with Crippen molar-refractivity contribution in [1.82, 2.24) is 19.4 Å². The van der Waals surface area contributed by atoms with Crippen LogP contribution in [-0.2, 0) is 11.2 Å². The highest BCUT2D eigenvalue weighted by Gasteiger charge is 2.28. The van der Waals surface area contributed by atoms with Crippen LogP contribution in [0, 0.1) is 13.8 Å². The molecular formula is C27H34N4O2. The zero-order chi connectivity index (χ0) is 22.9. The Labute approximate surface area is 195 Å². The molecule has 1 aliphatic heterocycles. The second-order valence-electron chi connectivity index (χ2n) is 9.66. The first-order chi connectivity index (χ1) is 16.0. The van der Waals surface area contributed by atoms with E-state index in [1.54, 1.807) is 0 Å². The molecule has 174 valence electrons. The van der Waals surface area contributed by atoms with Gasteiger partial charge in [-0.2, -0.15) is 0 Å². The Bertz CT molecular complexity index is 1160. The third kappa shape index (κ3) is 4.19. The second-order valence-corrected chi connectivity index (χ2v) is 9.66. The number of aryl methyl sites for hydroxylation is 1. The first-order valence-corrected chi connectivity index (χ1v) is 12.3. The van der Waals surface area contributed by atoms with Gasteiger partial charge in [-0.05, 0) is 44.4 Å².